The van der Waals surface area contributed by atoms with Gasteiger partial charge in [-0.1, -0.05) is 51.2 Å². The summed E-state index contributed by atoms with van der Waals surface area (Å²) in [5, 5.41) is 0. The normalized spacial score (nSPS) is 18.1. The minimum absolute atomic E-state index is 0.406. The largest absolute Gasteiger partial charge is 0.299 e. The topological polar surface area (TPSA) is 17.1 Å². The van der Waals surface area contributed by atoms with Crippen LogP contribution in [0, 0.1) is 5.92 Å². The molecule has 0 bridgehead atoms. The van der Waals surface area contributed by atoms with Gasteiger partial charge in [0.05, 0.1) is 0 Å². The summed E-state index contributed by atoms with van der Waals surface area (Å²) < 4.78 is 0. The summed E-state index contributed by atoms with van der Waals surface area (Å²) in [6.45, 7) is 5.95. The van der Waals surface area contributed by atoms with E-state index in [2.05, 4.69) is 13.5 Å². The molecule has 1 rings (SSSR count). The Bertz CT molecular complexity index is 199. The number of Topliss-reactive ketones (excluding diaryl/α,β-unsaturated/α-hetero) is 1. The summed E-state index contributed by atoms with van der Waals surface area (Å²) in [5.41, 5.74) is 1.09. The van der Waals surface area contributed by atoms with Crippen molar-refractivity contribution in [2.24, 2.45) is 5.92 Å². The second-order valence-corrected chi connectivity index (χ2v) is 4.53. The van der Waals surface area contributed by atoms with E-state index < -0.39 is 0 Å². The molecule has 0 aromatic carbocycles. The molecule has 0 spiro atoms. The van der Waals surface area contributed by atoms with E-state index in [0.717, 1.165) is 18.4 Å². The molecule has 80 valence electrons. The molecule has 0 heterocycles. The van der Waals surface area contributed by atoms with Crippen LogP contribution in [0.25, 0.3) is 0 Å². The number of hydrogen-bond donors (Lipinski definition) is 0. The molecule has 1 heteroatoms. The van der Waals surface area contributed by atoms with E-state index >= 15 is 0 Å². The number of rotatable bonds is 5. The molecule has 0 atom stereocenters. The van der Waals surface area contributed by atoms with Crippen molar-refractivity contribution in [3.8, 4) is 0 Å². The highest BCUT2D eigenvalue weighted by atomic mass is 16.1. The fourth-order valence-corrected chi connectivity index (χ4v) is 2.19. The first-order valence-corrected chi connectivity index (χ1v) is 5.90. The predicted octanol–water partition coefficient (Wildman–Crippen LogP) is 3.88. The van der Waals surface area contributed by atoms with Crippen molar-refractivity contribution < 1.29 is 4.79 Å². The number of carbonyl (C=O) groups is 1. The third-order valence-electron chi connectivity index (χ3n) is 3.19. The zero-order valence-electron chi connectivity index (χ0n) is 9.35. The van der Waals surface area contributed by atoms with Crippen LogP contribution < -0.4 is 0 Å². The highest BCUT2D eigenvalue weighted by molar-refractivity contribution is 5.80. The van der Waals surface area contributed by atoms with Gasteiger partial charge in [-0.3, -0.25) is 4.79 Å². The first kappa shape index (κ1) is 11.5. The van der Waals surface area contributed by atoms with E-state index in [1.165, 1.54) is 32.1 Å². The van der Waals surface area contributed by atoms with Gasteiger partial charge in [0.25, 0.3) is 0 Å². The molecule has 0 saturated heterocycles. The van der Waals surface area contributed by atoms with Gasteiger partial charge < -0.3 is 0 Å². The Morgan fingerprint density at radius 3 is 2.50 bits per heavy atom. The van der Waals surface area contributed by atoms with E-state index in [1.807, 2.05) is 0 Å². The molecule has 14 heavy (non-hydrogen) atoms. The maximum atomic E-state index is 11.6. The highest BCUT2D eigenvalue weighted by Gasteiger charge is 2.16. The zero-order valence-corrected chi connectivity index (χ0v) is 9.35. The van der Waals surface area contributed by atoms with Crippen LogP contribution in [0.5, 0.6) is 0 Å². The van der Waals surface area contributed by atoms with Crippen LogP contribution in [-0.4, -0.2) is 5.78 Å². The zero-order chi connectivity index (χ0) is 10.4. The van der Waals surface area contributed by atoms with Crippen molar-refractivity contribution in [2.45, 2.75) is 58.3 Å². The molecule has 0 N–H and O–H groups in total. The van der Waals surface area contributed by atoms with Crippen molar-refractivity contribution >= 4 is 5.78 Å². The Morgan fingerprint density at radius 1 is 1.29 bits per heavy atom. The number of carbonyl (C=O) groups excluding carboxylic acids is 1. The molecular formula is C13H22O. The van der Waals surface area contributed by atoms with Gasteiger partial charge in [0.15, 0.2) is 0 Å². The van der Waals surface area contributed by atoms with Gasteiger partial charge in [0.1, 0.15) is 5.78 Å². The lowest BCUT2D eigenvalue weighted by Gasteiger charge is -2.20. The minimum Gasteiger partial charge on any atom is -0.299 e. The smallest absolute Gasteiger partial charge is 0.137 e. The molecule has 1 fully saturated rings. The molecule has 0 radical (unpaired) electrons. The Balaban J connectivity index is 2.21. The minimum atomic E-state index is 0.406. The molecule has 1 nitrogen and oxygen atoms in total. The van der Waals surface area contributed by atoms with Crippen LogP contribution in [0.15, 0.2) is 12.2 Å². The quantitative estimate of drug-likeness (QED) is 0.607. The molecule has 0 aliphatic heterocycles. The number of hydrogen-bond acceptors (Lipinski definition) is 1. The molecule has 0 aromatic heterocycles. The van der Waals surface area contributed by atoms with Crippen LogP contribution in [0.2, 0.25) is 0 Å². The molecular weight excluding hydrogens is 172 g/mol. The van der Waals surface area contributed by atoms with Gasteiger partial charge in [-0.05, 0) is 12.3 Å². The lowest BCUT2D eigenvalue weighted by molar-refractivity contribution is -0.119. The fourth-order valence-electron chi connectivity index (χ4n) is 2.19. The number of allylic oxidation sites excluding steroid dienone is 1. The Labute approximate surface area is 87.6 Å². The molecule has 1 aliphatic carbocycles. The Hall–Kier alpha value is -0.590. The predicted molar refractivity (Wildman–Crippen MR) is 60.2 cm³/mol. The summed E-state index contributed by atoms with van der Waals surface area (Å²) in [6, 6.07) is 0. The van der Waals surface area contributed by atoms with E-state index in [0.29, 0.717) is 18.1 Å². The summed E-state index contributed by atoms with van der Waals surface area (Å²) in [5.74, 6) is 1.09. The lowest BCUT2D eigenvalue weighted by Crippen LogP contribution is -2.12. The summed E-state index contributed by atoms with van der Waals surface area (Å²) in [4.78, 5) is 11.6. The van der Waals surface area contributed by atoms with Crippen LogP contribution in [0.3, 0.4) is 0 Å². The van der Waals surface area contributed by atoms with Crippen LogP contribution in [0.1, 0.15) is 58.3 Å². The Morgan fingerprint density at radius 2 is 1.93 bits per heavy atom. The summed E-state index contributed by atoms with van der Waals surface area (Å²) in [7, 11) is 0. The fraction of sp³-hybridized carbons (Fsp3) is 0.769. The van der Waals surface area contributed by atoms with E-state index in [-0.39, 0.29) is 0 Å². The van der Waals surface area contributed by atoms with Crippen molar-refractivity contribution in [2.75, 3.05) is 0 Å². The van der Waals surface area contributed by atoms with Gasteiger partial charge in [0.2, 0.25) is 0 Å². The average molecular weight is 194 g/mol. The summed E-state index contributed by atoms with van der Waals surface area (Å²) >= 11 is 0. The molecule has 0 amide bonds. The van der Waals surface area contributed by atoms with Crippen LogP contribution in [-0.2, 0) is 4.79 Å². The standard InChI is InChI=1S/C13H22O/c1-3-11(2)9-13(14)10-12-7-5-4-6-8-12/h12H,2-10H2,1H3. The maximum Gasteiger partial charge on any atom is 0.137 e. The molecule has 1 saturated carbocycles. The monoisotopic (exact) mass is 194 g/mol. The average Bonchev–Trinajstić information content (AvgIpc) is 2.19. The second-order valence-electron chi connectivity index (χ2n) is 4.53. The van der Waals surface area contributed by atoms with Gasteiger partial charge in [-0.15, -0.1) is 0 Å². The lowest BCUT2D eigenvalue weighted by atomic mass is 9.85. The van der Waals surface area contributed by atoms with Gasteiger partial charge in [-0.2, -0.15) is 0 Å². The van der Waals surface area contributed by atoms with Crippen LogP contribution >= 0.6 is 0 Å². The Kier molecular flexibility index (Phi) is 4.92. The van der Waals surface area contributed by atoms with Gasteiger partial charge in [-0.25, -0.2) is 0 Å². The first-order valence-electron chi connectivity index (χ1n) is 5.90. The van der Waals surface area contributed by atoms with Crippen molar-refractivity contribution in [1.82, 2.24) is 0 Å². The van der Waals surface area contributed by atoms with Crippen molar-refractivity contribution in [3.05, 3.63) is 12.2 Å². The second kappa shape index (κ2) is 6.00. The molecule has 0 unspecified atom stereocenters. The van der Waals surface area contributed by atoms with Gasteiger partial charge >= 0.3 is 0 Å². The van der Waals surface area contributed by atoms with Crippen LogP contribution in [0.4, 0.5) is 0 Å². The summed E-state index contributed by atoms with van der Waals surface area (Å²) in [6.07, 6.45) is 8.92. The van der Waals surface area contributed by atoms with E-state index in [9.17, 15) is 4.79 Å². The SMILES string of the molecule is C=C(CC)CC(=O)CC1CCCCC1. The van der Waals surface area contributed by atoms with E-state index in [4.69, 9.17) is 0 Å². The number of ketones is 1. The van der Waals surface area contributed by atoms with Crippen molar-refractivity contribution in [1.29, 1.82) is 0 Å². The molecule has 0 aromatic rings. The van der Waals surface area contributed by atoms with E-state index in [1.54, 1.807) is 0 Å². The third kappa shape index (κ3) is 4.08. The third-order valence-corrected chi connectivity index (χ3v) is 3.19. The molecule has 1 aliphatic rings. The van der Waals surface area contributed by atoms with Gasteiger partial charge in [0, 0.05) is 12.8 Å². The highest BCUT2D eigenvalue weighted by Crippen LogP contribution is 2.27. The first-order chi connectivity index (χ1) is 6.72. The van der Waals surface area contributed by atoms with Crippen molar-refractivity contribution in [3.63, 3.8) is 0 Å². The maximum absolute atomic E-state index is 11.6.